The molecule has 1 aromatic carbocycles. The maximum absolute atomic E-state index is 5.22. The summed E-state index contributed by atoms with van der Waals surface area (Å²) in [7, 11) is 1.93. The van der Waals surface area contributed by atoms with Gasteiger partial charge in [-0.25, -0.2) is 0 Å². The highest BCUT2D eigenvalue weighted by Gasteiger charge is 2.07. The maximum Gasteiger partial charge on any atom is 0.247 e. The SMILES string of the molecule is Cc1ccc(-c2nnco2)cc1NCc1ccnn1C. The van der Waals surface area contributed by atoms with Gasteiger partial charge in [0, 0.05) is 24.5 Å². The first-order valence-corrected chi connectivity index (χ1v) is 6.32. The highest BCUT2D eigenvalue weighted by molar-refractivity contribution is 5.64. The summed E-state index contributed by atoms with van der Waals surface area (Å²) in [6.45, 7) is 2.77. The largest absolute Gasteiger partial charge is 0.423 e. The van der Waals surface area contributed by atoms with E-state index in [9.17, 15) is 0 Å². The van der Waals surface area contributed by atoms with Gasteiger partial charge in [0.15, 0.2) is 0 Å². The highest BCUT2D eigenvalue weighted by Crippen LogP contribution is 2.24. The molecule has 0 atom stereocenters. The van der Waals surface area contributed by atoms with Crippen LogP contribution in [0.15, 0.2) is 41.3 Å². The number of hydrogen-bond acceptors (Lipinski definition) is 5. The molecule has 0 spiro atoms. The molecular formula is C14H15N5O. The third-order valence-electron chi connectivity index (χ3n) is 3.23. The number of hydrogen-bond donors (Lipinski definition) is 1. The smallest absolute Gasteiger partial charge is 0.247 e. The lowest BCUT2D eigenvalue weighted by molar-refractivity contribution is 0.568. The molecule has 102 valence electrons. The Balaban J connectivity index is 1.82. The molecule has 6 heteroatoms. The first-order chi connectivity index (χ1) is 9.74. The Labute approximate surface area is 116 Å². The number of aromatic nitrogens is 4. The predicted octanol–water partition coefficient (Wildman–Crippen LogP) is 2.39. The zero-order chi connectivity index (χ0) is 13.9. The molecule has 6 nitrogen and oxygen atoms in total. The fraction of sp³-hybridized carbons (Fsp3) is 0.214. The summed E-state index contributed by atoms with van der Waals surface area (Å²) < 4.78 is 7.07. The molecule has 0 fully saturated rings. The van der Waals surface area contributed by atoms with Crippen LogP contribution in [-0.2, 0) is 13.6 Å². The number of aryl methyl sites for hydroxylation is 2. The normalized spacial score (nSPS) is 10.7. The molecular weight excluding hydrogens is 254 g/mol. The molecule has 3 rings (SSSR count). The summed E-state index contributed by atoms with van der Waals surface area (Å²) in [5.74, 6) is 0.522. The molecule has 1 N–H and O–H groups in total. The quantitative estimate of drug-likeness (QED) is 0.787. The van der Waals surface area contributed by atoms with E-state index in [4.69, 9.17) is 4.42 Å². The molecule has 0 aliphatic carbocycles. The van der Waals surface area contributed by atoms with Crippen LogP contribution in [0.25, 0.3) is 11.5 Å². The van der Waals surface area contributed by atoms with E-state index in [2.05, 4.69) is 27.5 Å². The number of rotatable bonds is 4. The van der Waals surface area contributed by atoms with Gasteiger partial charge in [0.1, 0.15) is 0 Å². The van der Waals surface area contributed by atoms with Gasteiger partial charge >= 0.3 is 0 Å². The minimum Gasteiger partial charge on any atom is -0.423 e. The maximum atomic E-state index is 5.22. The molecule has 2 aromatic heterocycles. The summed E-state index contributed by atoms with van der Waals surface area (Å²) in [6.07, 6.45) is 3.12. The summed E-state index contributed by atoms with van der Waals surface area (Å²) in [5.41, 5.74) is 4.23. The van der Waals surface area contributed by atoms with E-state index in [-0.39, 0.29) is 0 Å². The third-order valence-corrected chi connectivity index (χ3v) is 3.23. The lowest BCUT2D eigenvalue weighted by Crippen LogP contribution is -2.06. The molecule has 0 aliphatic heterocycles. The fourth-order valence-electron chi connectivity index (χ4n) is 2.00. The van der Waals surface area contributed by atoms with Crippen LogP contribution < -0.4 is 5.32 Å². The van der Waals surface area contributed by atoms with Crippen molar-refractivity contribution in [3.05, 3.63) is 48.1 Å². The van der Waals surface area contributed by atoms with Gasteiger partial charge in [-0.05, 0) is 30.7 Å². The van der Waals surface area contributed by atoms with Gasteiger partial charge in [0.05, 0.1) is 12.2 Å². The number of benzene rings is 1. The monoisotopic (exact) mass is 269 g/mol. The van der Waals surface area contributed by atoms with E-state index < -0.39 is 0 Å². The minimum absolute atomic E-state index is 0.522. The second-order valence-corrected chi connectivity index (χ2v) is 4.57. The fourth-order valence-corrected chi connectivity index (χ4v) is 2.00. The standard InChI is InChI=1S/C14H15N5O/c1-10-3-4-11(14-18-16-9-20-14)7-13(10)15-8-12-5-6-17-19(12)2/h3-7,9,15H,8H2,1-2H3. The van der Waals surface area contributed by atoms with Crippen molar-refractivity contribution in [2.24, 2.45) is 7.05 Å². The zero-order valence-corrected chi connectivity index (χ0v) is 11.4. The molecule has 0 saturated carbocycles. The van der Waals surface area contributed by atoms with Crippen LogP contribution >= 0.6 is 0 Å². The van der Waals surface area contributed by atoms with Crippen LogP contribution in [-0.4, -0.2) is 20.0 Å². The molecule has 0 bridgehead atoms. The van der Waals surface area contributed by atoms with E-state index in [1.165, 1.54) is 6.39 Å². The Morgan fingerprint density at radius 3 is 2.90 bits per heavy atom. The third kappa shape index (κ3) is 2.40. The topological polar surface area (TPSA) is 68.8 Å². The van der Waals surface area contributed by atoms with Gasteiger partial charge in [-0.2, -0.15) is 5.10 Å². The lowest BCUT2D eigenvalue weighted by atomic mass is 10.1. The van der Waals surface area contributed by atoms with Gasteiger partial charge in [-0.3, -0.25) is 4.68 Å². The van der Waals surface area contributed by atoms with Crippen molar-refractivity contribution in [1.29, 1.82) is 0 Å². The van der Waals surface area contributed by atoms with E-state index in [1.54, 1.807) is 6.20 Å². The predicted molar refractivity (Wildman–Crippen MR) is 75.0 cm³/mol. The minimum atomic E-state index is 0.522. The summed E-state index contributed by atoms with van der Waals surface area (Å²) in [5, 5.41) is 15.2. The average Bonchev–Trinajstić information content (AvgIpc) is 3.10. The highest BCUT2D eigenvalue weighted by atomic mass is 16.4. The first-order valence-electron chi connectivity index (χ1n) is 6.32. The van der Waals surface area contributed by atoms with Crippen LogP contribution in [0.5, 0.6) is 0 Å². The Bertz CT molecular complexity index is 702. The van der Waals surface area contributed by atoms with Crippen molar-refractivity contribution >= 4 is 5.69 Å². The number of nitrogens with one attached hydrogen (secondary N) is 1. The van der Waals surface area contributed by atoms with Crippen molar-refractivity contribution < 1.29 is 4.42 Å². The van der Waals surface area contributed by atoms with Gasteiger partial charge in [0.25, 0.3) is 0 Å². The molecule has 0 radical (unpaired) electrons. The Kier molecular flexibility index (Phi) is 3.20. The summed E-state index contributed by atoms with van der Waals surface area (Å²) in [4.78, 5) is 0. The van der Waals surface area contributed by atoms with Crippen LogP contribution in [0.2, 0.25) is 0 Å². The molecule has 20 heavy (non-hydrogen) atoms. The molecule has 3 aromatic rings. The Morgan fingerprint density at radius 2 is 2.20 bits per heavy atom. The first kappa shape index (κ1) is 12.4. The van der Waals surface area contributed by atoms with Crippen LogP contribution in [0, 0.1) is 6.92 Å². The van der Waals surface area contributed by atoms with E-state index in [0.29, 0.717) is 12.4 Å². The Hall–Kier alpha value is -2.63. The van der Waals surface area contributed by atoms with Gasteiger partial charge in [-0.15, -0.1) is 10.2 Å². The molecule has 0 aliphatic rings. The van der Waals surface area contributed by atoms with Crippen molar-refractivity contribution in [1.82, 2.24) is 20.0 Å². The van der Waals surface area contributed by atoms with Crippen molar-refractivity contribution in [2.45, 2.75) is 13.5 Å². The second kappa shape index (κ2) is 5.16. The molecule has 2 heterocycles. The number of nitrogens with zero attached hydrogens (tertiary/aromatic N) is 4. The molecule has 0 amide bonds. The van der Waals surface area contributed by atoms with Gasteiger partial charge in [0.2, 0.25) is 12.3 Å². The van der Waals surface area contributed by atoms with Crippen LogP contribution in [0.4, 0.5) is 5.69 Å². The zero-order valence-electron chi connectivity index (χ0n) is 11.4. The molecule has 0 unspecified atom stereocenters. The van der Waals surface area contributed by atoms with Crippen LogP contribution in [0.1, 0.15) is 11.3 Å². The summed E-state index contributed by atoms with van der Waals surface area (Å²) >= 11 is 0. The average molecular weight is 269 g/mol. The van der Waals surface area contributed by atoms with Gasteiger partial charge in [-0.1, -0.05) is 6.07 Å². The van der Waals surface area contributed by atoms with Crippen LogP contribution in [0.3, 0.4) is 0 Å². The second-order valence-electron chi connectivity index (χ2n) is 4.57. The van der Waals surface area contributed by atoms with Crippen molar-refractivity contribution in [3.8, 4) is 11.5 Å². The number of anilines is 1. The van der Waals surface area contributed by atoms with E-state index >= 15 is 0 Å². The van der Waals surface area contributed by atoms with E-state index in [0.717, 1.165) is 22.5 Å². The Morgan fingerprint density at radius 1 is 1.30 bits per heavy atom. The lowest BCUT2D eigenvalue weighted by Gasteiger charge is -2.10. The molecule has 0 saturated heterocycles. The van der Waals surface area contributed by atoms with Crippen molar-refractivity contribution in [2.75, 3.05) is 5.32 Å². The van der Waals surface area contributed by atoms with Gasteiger partial charge < -0.3 is 9.73 Å². The van der Waals surface area contributed by atoms with Crippen molar-refractivity contribution in [3.63, 3.8) is 0 Å². The summed E-state index contributed by atoms with van der Waals surface area (Å²) in [6, 6.07) is 8.01. The van der Waals surface area contributed by atoms with E-state index in [1.807, 2.05) is 36.0 Å².